The highest BCUT2D eigenvalue weighted by molar-refractivity contribution is 5.90. The SMILES string of the molecule is CN[C@@H](CCCCNC(=O)CC[C@H](CC(=O)COCCOCCNC(=O)COCCOCCNC(=O)CC[C@H](NC(=O)CCCCCCCCCOc1ccc(C(=O)O)cc1)C(=O)O)C(=O)O)C(=O)CC[C@@H](CCCCNC(=O)CC[C@H](NC(=O)COCCOCCCC(=O)COCCOCCNC(=O)CC[C@H](CC(=O)CCCCCCCCCOc1ccc(C(=O)O)cc1)C(=O)O)C(=O)O)C(C)=O. The van der Waals surface area contributed by atoms with Crippen molar-refractivity contribution in [3.8, 4) is 11.5 Å². The average molecular weight is 1970 g/mol. The molecule has 14 N–H and O–H groups in total. The molecule has 2 aromatic carbocycles. The third-order valence-corrected chi connectivity index (χ3v) is 22.1. The summed E-state index contributed by atoms with van der Waals surface area (Å²) in [5.74, 6) is -12.3. The predicted octanol–water partition coefficient (Wildman–Crippen LogP) is 6.91. The lowest BCUT2D eigenvalue weighted by Crippen LogP contribution is -2.43. The highest BCUT2D eigenvalue weighted by Gasteiger charge is 2.28. The summed E-state index contributed by atoms with van der Waals surface area (Å²) < 4.78 is 54.4. The third-order valence-electron chi connectivity index (χ3n) is 22.1. The quantitative estimate of drug-likeness (QED) is 0.0299. The van der Waals surface area contributed by atoms with Crippen molar-refractivity contribution in [1.29, 1.82) is 0 Å². The van der Waals surface area contributed by atoms with Gasteiger partial charge in [-0.15, -0.1) is 0 Å². The van der Waals surface area contributed by atoms with Crippen molar-refractivity contribution >= 4 is 106 Å². The lowest BCUT2D eigenvalue weighted by molar-refractivity contribution is -0.145. The number of hydrogen-bond donors (Lipinski definition) is 14. The van der Waals surface area contributed by atoms with Gasteiger partial charge in [-0.2, -0.15) is 0 Å². The van der Waals surface area contributed by atoms with Crippen LogP contribution < -0.4 is 52.0 Å². The summed E-state index contributed by atoms with van der Waals surface area (Å²) in [5.41, 5.74) is 0.393. The van der Waals surface area contributed by atoms with Crippen LogP contribution in [0.15, 0.2) is 48.5 Å². The molecular weight excluding hydrogens is 1820 g/mol. The minimum absolute atomic E-state index is 0.00139. The molecule has 2 aromatic rings. The first-order valence-corrected chi connectivity index (χ1v) is 48.5. The minimum Gasteiger partial charge on any atom is -0.494 e. The number of hydrogen-bond acceptors (Lipinski definition) is 29. The van der Waals surface area contributed by atoms with Crippen LogP contribution in [0.25, 0.3) is 0 Å². The maximum Gasteiger partial charge on any atom is 0.335 e. The van der Waals surface area contributed by atoms with E-state index in [1.807, 2.05) is 0 Å². The molecule has 0 aliphatic carbocycles. The fourth-order valence-corrected chi connectivity index (χ4v) is 14.0. The maximum absolute atomic E-state index is 13.2. The van der Waals surface area contributed by atoms with Crippen LogP contribution in [0, 0.1) is 17.8 Å². The number of nitrogens with one attached hydrogen (secondary N) is 8. The van der Waals surface area contributed by atoms with Gasteiger partial charge >= 0.3 is 35.8 Å². The largest absolute Gasteiger partial charge is 0.494 e. The summed E-state index contributed by atoms with van der Waals surface area (Å²) in [6, 6.07) is 9.41. The van der Waals surface area contributed by atoms with E-state index in [1.54, 1.807) is 31.3 Å². The average Bonchev–Trinajstić information content (AvgIpc) is 0.865. The number of amides is 7. The van der Waals surface area contributed by atoms with E-state index >= 15 is 0 Å². The Morgan fingerprint density at radius 2 is 0.619 bits per heavy atom. The second kappa shape index (κ2) is 80.9. The lowest BCUT2D eigenvalue weighted by atomic mass is 9.90. The van der Waals surface area contributed by atoms with E-state index in [0.29, 0.717) is 88.9 Å². The minimum atomic E-state index is -1.37. The zero-order chi connectivity index (χ0) is 102. The summed E-state index contributed by atoms with van der Waals surface area (Å²) in [4.78, 5) is 220. The van der Waals surface area contributed by atoms with E-state index in [4.69, 9.17) is 57.6 Å². The zero-order valence-corrected chi connectivity index (χ0v) is 80.9. The molecule has 784 valence electrons. The number of carboxylic acids is 6. The van der Waals surface area contributed by atoms with Gasteiger partial charge in [0, 0.05) is 109 Å². The maximum atomic E-state index is 13.2. The molecule has 0 aliphatic rings. The number of Topliss-reactive ketones (excluding diaryl/α,β-unsaturated/α-hetero) is 5. The monoisotopic (exact) mass is 1970 g/mol. The fraction of sp³-hybridized carbons (Fsp3) is 0.691. The van der Waals surface area contributed by atoms with Gasteiger partial charge in [0.25, 0.3) is 0 Å². The molecule has 0 unspecified atom stereocenters. The molecule has 0 spiro atoms. The van der Waals surface area contributed by atoms with Crippen molar-refractivity contribution in [2.24, 2.45) is 17.8 Å². The summed E-state index contributed by atoms with van der Waals surface area (Å²) >= 11 is 0. The Kier molecular flexibility index (Phi) is 72.3. The van der Waals surface area contributed by atoms with Gasteiger partial charge in [0.1, 0.15) is 67.4 Å². The molecule has 0 bridgehead atoms. The Labute approximate surface area is 813 Å². The van der Waals surface area contributed by atoms with Gasteiger partial charge < -0.3 is 121 Å². The van der Waals surface area contributed by atoms with Crippen molar-refractivity contribution < 1.29 is 164 Å². The van der Waals surface area contributed by atoms with E-state index in [0.717, 1.165) is 77.0 Å². The molecular formula is C97H152N8O34. The molecule has 139 heavy (non-hydrogen) atoms. The van der Waals surface area contributed by atoms with Crippen molar-refractivity contribution in [2.45, 2.75) is 256 Å². The summed E-state index contributed by atoms with van der Waals surface area (Å²) in [6.07, 6.45) is 15.5. The number of carboxylic acid groups (broad SMARTS) is 6. The standard InChI is InChI=1S/C97H152N8O34/c1-70(106)71(22-15-17-45-100-87(113)43-39-83(97(128)129)105-91(117)69-137-62-56-130-50-21-24-77(108)66-134-60-57-131-53-47-101-86(112)42-32-74(94(122)123)64-76(107)23-13-9-5-3-7-11-19-51-138-79-34-27-72(28-35-79)92(118)119)31-40-84(110)81(98-2)25-16-18-46-99-85(111)41-33-75(95(124)125)65-78(109)67-135-61-58-133-55-49-103-90(116)68-136-63-59-132-54-48-102-88(114)44-38-82(96(126)127)104-89(115)26-14-10-6-4-8-12-20-52-139-80-36-29-73(30-37-80)93(120)121/h27-30,34-37,71,74-75,81-83,98H,3-26,31-33,38-69H2,1-2H3,(H,99,111)(H,100,113)(H,101,112)(H,102,114)(H,103,116)(H,104,115)(H,105,117)(H,118,119)(H,120,121)(H,122,123)(H,124,125)(H,126,127)(H,128,129)/t71-,74-,75-,81+,82+,83+/m1/s1. The molecule has 7 amide bonds. The number of carbonyl (C=O) groups is 18. The summed E-state index contributed by atoms with van der Waals surface area (Å²) in [7, 11) is 1.65. The first-order chi connectivity index (χ1) is 66.9. The molecule has 2 rings (SSSR count). The molecule has 0 fully saturated rings. The van der Waals surface area contributed by atoms with Gasteiger partial charge in [0.15, 0.2) is 11.6 Å². The van der Waals surface area contributed by atoms with Crippen LogP contribution >= 0.6 is 0 Å². The molecule has 42 heteroatoms. The number of rotatable bonds is 95. The number of ketones is 5. The Morgan fingerprint density at radius 3 is 1.05 bits per heavy atom. The first-order valence-electron chi connectivity index (χ1n) is 48.5. The highest BCUT2D eigenvalue weighted by atomic mass is 16.5. The Bertz CT molecular complexity index is 3930. The molecule has 6 atom stereocenters. The smallest absolute Gasteiger partial charge is 0.335 e. The van der Waals surface area contributed by atoms with Gasteiger partial charge in [-0.1, -0.05) is 70.6 Å². The van der Waals surface area contributed by atoms with Gasteiger partial charge in [-0.3, -0.25) is 67.1 Å². The van der Waals surface area contributed by atoms with Crippen LogP contribution in [0.5, 0.6) is 11.5 Å². The number of aromatic carboxylic acids is 2. The molecule has 0 radical (unpaired) electrons. The number of aliphatic carboxylic acids is 4. The van der Waals surface area contributed by atoms with E-state index < -0.39 is 120 Å². The van der Waals surface area contributed by atoms with E-state index in [1.165, 1.54) is 31.2 Å². The van der Waals surface area contributed by atoms with Crippen molar-refractivity contribution in [3.05, 3.63) is 59.7 Å². The van der Waals surface area contributed by atoms with Crippen LogP contribution in [0.2, 0.25) is 0 Å². The highest BCUT2D eigenvalue weighted by Crippen LogP contribution is 2.22. The van der Waals surface area contributed by atoms with Gasteiger partial charge in [-0.05, 0) is 159 Å². The first kappa shape index (κ1) is 124. The Morgan fingerprint density at radius 1 is 0.266 bits per heavy atom. The van der Waals surface area contributed by atoms with E-state index in [2.05, 4.69) is 42.5 Å². The topological polar surface area (TPSA) is 617 Å². The molecule has 42 nitrogen and oxygen atoms in total. The molecule has 0 saturated carbocycles. The van der Waals surface area contributed by atoms with E-state index in [-0.39, 0.29) is 262 Å². The number of carbonyl (C=O) groups excluding carboxylic acids is 12. The van der Waals surface area contributed by atoms with Gasteiger partial charge in [0.2, 0.25) is 41.4 Å². The van der Waals surface area contributed by atoms with Crippen LogP contribution in [0.4, 0.5) is 0 Å². The fourth-order valence-electron chi connectivity index (χ4n) is 14.0. The van der Waals surface area contributed by atoms with Crippen molar-refractivity contribution in [1.82, 2.24) is 42.5 Å². The molecule has 0 heterocycles. The van der Waals surface area contributed by atoms with Crippen LogP contribution in [-0.4, -0.2) is 314 Å². The molecule has 0 aliphatic heterocycles. The van der Waals surface area contributed by atoms with Gasteiger partial charge in [-0.25, -0.2) is 19.2 Å². The second-order valence-corrected chi connectivity index (χ2v) is 33.6. The number of ether oxygens (including phenoxy) is 10. The lowest BCUT2D eigenvalue weighted by Gasteiger charge is -2.18. The Balaban J connectivity index is 1.42. The van der Waals surface area contributed by atoms with Crippen LogP contribution in [-0.2, 0) is 115 Å². The second-order valence-electron chi connectivity index (χ2n) is 33.6. The normalized spacial score (nSPS) is 12.4. The predicted molar refractivity (Wildman–Crippen MR) is 504 cm³/mol. The number of likely N-dealkylation sites (N-methyl/N-ethyl adjacent to an activating group) is 1. The number of benzene rings is 2. The molecule has 0 aromatic heterocycles. The summed E-state index contributed by atoms with van der Waals surface area (Å²) in [6.45, 7) is 3.48. The molecule has 0 saturated heterocycles. The van der Waals surface area contributed by atoms with Crippen LogP contribution in [0.1, 0.15) is 259 Å². The van der Waals surface area contributed by atoms with E-state index in [9.17, 15) is 107 Å². The van der Waals surface area contributed by atoms with Crippen molar-refractivity contribution in [3.63, 3.8) is 0 Å². The number of unbranched alkanes of at least 4 members (excludes halogenated alkanes) is 14. The zero-order valence-electron chi connectivity index (χ0n) is 80.9. The Hall–Kier alpha value is -10.9. The summed E-state index contributed by atoms with van der Waals surface area (Å²) in [5, 5.41) is 77.9. The van der Waals surface area contributed by atoms with Crippen LogP contribution in [0.3, 0.4) is 0 Å². The van der Waals surface area contributed by atoms with Gasteiger partial charge in [0.05, 0.1) is 115 Å². The third kappa shape index (κ3) is 68.8. The van der Waals surface area contributed by atoms with Crippen molar-refractivity contribution in [2.75, 3.05) is 159 Å².